The molecule has 3 N–H and O–H groups in total. The Morgan fingerprint density at radius 1 is 1.33 bits per heavy atom. The molecule has 2 rings (SSSR count). The molecule has 84 valence electrons. The molecule has 2 unspecified atom stereocenters. The van der Waals surface area contributed by atoms with E-state index in [1.807, 2.05) is 6.92 Å². The lowest BCUT2D eigenvalue weighted by molar-refractivity contribution is 0.412. The number of hydrogen-bond donors (Lipinski definition) is 2. The second-order valence-electron chi connectivity index (χ2n) is 4.20. The van der Waals surface area contributed by atoms with E-state index in [2.05, 4.69) is 15.5 Å². The second-order valence-corrected chi connectivity index (χ2v) is 4.20. The summed E-state index contributed by atoms with van der Waals surface area (Å²) in [5.41, 5.74) is 6.08. The Morgan fingerprint density at radius 3 is 2.87 bits per heavy atom. The molecule has 5 heteroatoms. The number of aromatic nitrogens is 2. The predicted octanol–water partition coefficient (Wildman–Crippen LogP) is 1.45. The summed E-state index contributed by atoms with van der Waals surface area (Å²) in [4.78, 5) is 4.13. The van der Waals surface area contributed by atoms with E-state index in [1.165, 1.54) is 19.3 Å². The van der Waals surface area contributed by atoms with Crippen LogP contribution in [0.2, 0.25) is 0 Å². The zero-order chi connectivity index (χ0) is 10.7. The van der Waals surface area contributed by atoms with Crippen LogP contribution in [0.15, 0.2) is 4.52 Å². The molecule has 1 aliphatic carbocycles. The van der Waals surface area contributed by atoms with E-state index in [0.29, 0.717) is 11.8 Å². The van der Waals surface area contributed by atoms with Crippen LogP contribution in [-0.2, 0) is 0 Å². The summed E-state index contributed by atoms with van der Waals surface area (Å²) in [5, 5.41) is 6.97. The fourth-order valence-corrected chi connectivity index (χ4v) is 2.03. The minimum atomic E-state index is 0.194. The molecule has 0 radical (unpaired) electrons. The van der Waals surface area contributed by atoms with Crippen molar-refractivity contribution in [3.05, 3.63) is 5.82 Å². The third-order valence-corrected chi connectivity index (χ3v) is 2.91. The predicted molar refractivity (Wildman–Crippen MR) is 57.5 cm³/mol. The van der Waals surface area contributed by atoms with Crippen molar-refractivity contribution in [2.45, 2.75) is 51.1 Å². The Bertz CT molecular complexity index is 312. The van der Waals surface area contributed by atoms with E-state index in [1.54, 1.807) is 0 Å². The standard InChI is InChI=1S/C10H18N4O/c1-7-12-10(15-14-7)13-9-6-4-2-3-5-8(9)11/h8-9H,2-6,11H2,1H3,(H,12,13,14). The van der Waals surface area contributed by atoms with Gasteiger partial charge in [0.2, 0.25) is 0 Å². The molecule has 2 atom stereocenters. The molecular weight excluding hydrogens is 192 g/mol. The molecule has 0 aliphatic heterocycles. The van der Waals surface area contributed by atoms with E-state index in [9.17, 15) is 0 Å². The summed E-state index contributed by atoms with van der Waals surface area (Å²) in [6, 6.07) is 0.960. The third kappa shape index (κ3) is 2.68. The Balaban J connectivity index is 1.97. The summed E-state index contributed by atoms with van der Waals surface area (Å²) in [7, 11) is 0. The van der Waals surface area contributed by atoms with Gasteiger partial charge in [-0.1, -0.05) is 24.4 Å². The Morgan fingerprint density at radius 2 is 2.13 bits per heavy atom. The van der Waals surface area contributed by atoms with Crippen LogP contribution in [0, 0.1) is 6.92 Å². The summed E-state index contributed by atoms with van der Waals surface area (Å²) < 4.78 is 5.03. The molecule has 1 saturated carbocycles. The highest BCUT2D eigenvalue weighted by Gasteiger charge is 2.21. The Hall–Kier alpha value is -1.10. The quantitative estimate of drug-likeness (QED) is 0.722. The average Bonchev–Trinajstić information content (AvgIpc) is 2.50. The van der Waals surface area contributed by atoms with Gasteiger partial charge in [0.25, 0.3) is 0 Å². The fourth-order valence-electron chi connectivity index (χ4n) is 2.03. The first-order chi connectivity index (χ1) is 7.25. The topological polar surface area (TPSA) is 77.0 Å². The summed E-state index contributed by atoms with van der Waals surface area (Å²) in [6.45, 7) is 1.81. The first-order valence-corrected chi connectivity index (χ1v) is 5.58. The third-order valence-electron chi connectivity index (χ3n) is 2.91. The van der Waals surface area contributed by atoms with E-state index in [4.69, 9.17) is 10.3 Å². The van der Waals surface area contributed by atoms with E-state index < -0.39 is 0 Å². The maximum atomic E-state index is 6.08. The normalized spacial score (nSPS) is 27.3. The van der Waals surface area contributed by atoms with Gasteiger partial charge in [-0.2, -0.15) is 4.98 Å². The van der Waals surface area contributed by atoms with Crippen molar-refractivity contribution in [2.24, 2.45) is 5.73 Å². The zero-order valence-electron chi connectivity index (χ0n) is 9.07. The number of nitrogens with two attached hydrogens (primary N) is 1. The molecule has 0 saturated heterocycles. The van der Waals surface area contributed by atoms with Crippen molar-refractivity contribution in [1.29, 1.82) is 0 Å². The van der Waals surface area contributed by atoms with Gasteiger partial charge in [0, 0.05) is 12.1 Å². The van der Waals surface area contributed by atoms with Crippen molar-refractivity contribution in [1.82, 2.24) is 10.1 Å². The Kier molecular flexibility index (Phi) is 3.20. The molecule has 1 fully saturated rings. The van der Waals surface area contributed by atoms with Crippen molar-refractivity contribution in [3.8, 4) is 0 Å². The average molecular weight is 210 g/mol. The maximum absolute atomic E-state index is 6.08. The van der Waals surface area contributed by atoms with Crippen LogP contribution >= 0.6 is 0 Å². The molecule has 1 aliphatic rings. The fraction of sp³-hybridized carbons (Fsp3) is 0.800. The van der Waals surface area contributed by atoms with Gasteiger partial charge in [-0.25, -0.2) is 0 Å². The molecule has 1 aromatic rings. The van der Waals surface area contributed by atoms with Crippen LogP contribution in [-0.4, -0.2) is 22.2 Å². The number of rotatable bonds is 2. The first kappa shape index (κ1) is 10.4. The van der Waals surface area contributed by atoms with Gasteiger partial charge in [0.15, 0.2) is 5.82 Å². The van der Waals surface area contributed by atoms with Gasteiger partial charge >= 0.3 is 6.01 Å². The maximum Gasteiger partial charge on any atom is 0.321 e. The van der Waals surface area contributed by atoms with Crippen molar-refractivity contribution in [2.75, 3.05) is 5.32 Å². The van der Waals surface area contributed by atoms with Gasteiger partial charge in [-0.05, 0) is 19.8 Å². The minimum Gasteiger partial charge on any atom is -0.333 e. The first-order valence-electron chi connectivity index (χ1n) is 5.58. The largest absolute Gasteiger partial charge is 0.333 e. The summed E-state index contributed by atoms with van der Waals surface area (Å²) >= 11 is 0. The number of nitrogens with zero attached hydrogens (tertiary/aromatic N) is 2. The van der Waals surface area contributed by atoms with Crippen LogP contribution in [0.4, 0.5) is 6.01 Å². The highest BCUT2D eigenvalue weighted by atomic mass is 16.5. The van der Waals surface area contributed by atoms with Crippen molar-refractivity contribution in [3.63, 3.8) is 0 Å². The minimum absolute atomic E-state index is 0.194. The van der Waals surface area contributed by atoms with Crippen LogP contribution in [0.25, 0.3) is 0 Å². The van der Waals surface area contributed by atoms with Crippen molar-refractivity contribution >= 4 is 6.01 Å². The lowest BCUT2D eigenvalue weighted by atomic mass is 10.0. The van der Waals surface area contributed by atoms with Crippen LogP contribution in [0.1, 0.15) is 37.9 Å². The van der Waals surface area contributed by atoms with E-state index in [0.717, 1.165) is 12.8 Å². The van der Waals surface area contributed by atoms with Crippen LogP contribution < -0.4 is 11.1 Å². The molecular formula is C10H18N4O. The SMILES string of the molecule is Cc1noc(NC2CCCCCC2N)n1. The lowest BCUT2D eigenvalue weighted by Crippen LogP contribution is -2.39. The van der Waals surface area contributed by atoms with Gasteiger partial charge < -0.3 is 15.6 Å². The number of nitrogens with one attached hydrogen (secondary N) is 1. The second kappa shape index (κ2) is 4.61. The summed E-state index contributed by atoms with van der Waals surface area (Å²) in [5.74, 6) is 0.652. The molecule has 5 nitrogen and oxygen atoms in total. The molecule has 0 amide bonds. The number of aryl methyl sites for hydroxylation is 1. The number of hydrogen-bond acceptors (Lipinski definition) is 5. The molecule has 1 aromatic heterocycles. The smallest absolute Gasteiger partial charge is 0.321 e. The molecule has 0 bridgehead atoms. The van der Waals surface area contributed by atoms with Crippen LogP contribution in [0.3, 0.4) is 0 Å². The summed E-state index contributed by atoms with van der Waals surface area (Å²) in [6.07, 6.45) is 5.88. The van der Waals surface area contributed by atoms with Gasteiger partial charge in [-0.15, -0.1) is 0 Å². The number of anilines is 1. The molecule has 0 spiro atoms. The highest BCUT2D eigenvalue weighted by Crippen LogP contribution is 2.19. The van der Waals surface area contributed by atoms with E-state index >= 15 is 0 Å². The Labute approximate surface area is 89.4 Å². The molecule has 1 heterocycles. The highest BCUT2D eigenvalue weighted by molar-refractivity contribution is 5.21. The van der Waals surface area contributed by atoms with Gasteiger partial charge in [0.1, 0.15) is 0 Å². The van der Waals surface area contributed by atoms with Crippen LogP contribution in [0.5, 0.6) is 0 Å². The molecule has 0 aromatic carbocycles. The van der Waals surface area contributed by atoms with Gasteiger partial charge in [0.05, 0.1) is 0 Å². The lowest BCUT2D eigenvalue weighted by Gasteiger charge is -2.20. The van der Waals surface area contributed by atoms with Crippen molar-refractivity contribution < 1.29 is 4.52 Å². The molecule has 15 heavy (non-hydrogen) atoms. The monoisotopic (exact) mass is 210 g/mol. The van der Waals surface area contributed by atoms with E-state index in [-0.39, 0.29) is 12.1 Å². The zero-order valence-corrected chi connectivity index (χ0v) is 9.07. The van der Waals surface area contributed by atoms with Gasteiger partial charge in [-0.3, -0.25) is 0 Å².